The van der Waals surface area contributed by atoms with E-state index < -0.39 is 6.03 Å². The predicted octanol–water partition coefficient (Wildman–Crippen LogP) is 0.212. The summed E-state index contributed by atoms with van der Waals surface area (Å²) in [6.07, 6.45) is 1.47. The summed E-state index contributed by atoms with van der Waals surface area (Å²) in [5.41, 5.74) is 5.77. The molecule has 2 amide bonds. The van der Waals surface area contributed by atoms with Crippen LogP contribution in [0.15, 0.2) is 22.4 Å². The number of nitrogens with zero attached hydrogens (tertiary/aromatic N) is 1. The van der Waals surface area contributed by atoms with E-state index in [0.29, 0.717) is 0 Å². The maximum atomic E-state index is 10.3. The standard InChI is InChI=1S/C7H12N4O2S/c1-5-3-14-6(11(5)9)2-13-4-10-7(8)12/h2-3H,4,9H2,1H3,(H3,8,10,12). The van der Waals surface area contributed by atoms with Gasteiger partial charge in [0, 0.05) is 5.70 Å². The SMILES string of the molecule is CC1=CSC(=COCNC(N)=O)N1N. The summed E-state index contributed by atoms with van der Waals surface area (Å²) in [7, 11) is 0. The van der Waals surface area contributed by atoms with Gasteiger partial charge in [-0.05, 0) is 12.3 Å². The first kappa shape index (κ1) is 10.7. The van der Waals surface area contributed by atoms with Crippen LogP contribution >= 0.6 is 11.8 Å². The normalized spacial score (nSPS) is 18.3. The summed E-state index contributed by atoms with van der Waals surface area (Å²) in [6.45, 7) is 1.92. The molecule has 0 aromatic carbocycles. The highest BCUT2D eigenvalue weighted by atomic mass is 32.2. The Kier molecular flexibility index (Phi) is 3.66. The van der Waals surface area contributed by atoms with Crippen molar-refractivity contribution in [2.24, 2.45) is 11.6 Å². The third-order valence-electron chi connectivity index (χ3n) is 1.48. The Balaban J connectivity index is 2.30. The van der Waals surface area contributed by atoms with Gasteiger partial charge in [0.25, 0.3) is 0 Å². The van der Waals surface area contributed by atoms with Gasteiger partial charge in [-0.2, -0.15) is 0 Å². The van der Waals surface area contributed by atoms with Gasteiger partial charge in [0.05, 0.1) is 0 Å². The van der Waals surface area contributed by atoms with Crippen molar-refractivity contribution in [3.8, 4) is 0 Å². The fourth-order valence-electron chi connectivity index (χ4n) is 0.743. The van der Waals surface area contributed by atoms with Crippen LogP contribution in [0.3, 0.4) is 0 Å². The molecule has 6 nitrogen and oxygen atoms in total. The quantitative estimate of drug-likeness (QED) is 0.271. The van der Waals surface area contributed by atoms with Crippen molar-refractivity contribution in [3.63, 3.8) is 0 Å². The largest absolute Gasteiger partial charge is 0.478 e. The molecule has 1 heterocycles. The van der Waals surface area contributed by atoms with E-state index in [-0.39, 0.29) is 6.73 Å². The van der Waals surface area contributed by atoms with E-state index in [2.05, 4.69) is 5.32 Å². The molecule has 1 aliphatic rings. The maximum Gasteiger partial charge on any atom is 0.314 e. The Morgan fingerprint density at radius 2 is 2.57 bits per heavy atom. The van der Waals surface area contributed by atoms with Crippen LogP contribution < -0.4 is 16.9 Å². The van der Waals surface area contributed by atoms with Crippen LogP contribution in [-0.4, -0.2) is 17.8 Å². The van der Waals surface area contributed by atoms with Crippen LogP contribution in [0.4, 0.5) is 4.79 Å². The van der Waals surface area contributed by atoms with E-state index in [1.54, 1.807) is 0 Å². The minimum Gasteiger partial charge on any atom is -0.478 e. The second-order valence-electron chi connectivity index (χ2n) is 2.56. The average Bonchev–Trinajstić information content (AvgIpc) is 2.43. The Labute approximate surface area is 85.9 Å². The molecule has 0 aliphatic carbocycles. The number of hydrogen-bond acceptors (Lipinski definition) is 5. The minimum absolute atomic E-state index is 0.0340. The second kappa shape index (κ2) is 4.77. The number of hydrazine groups is 1. The monoisotopic (exact) mass is 216 g/mol. The molecule has 7 heteroatoms. The number of amides is 2. The molecule has 0 fully saturated rings. The number of allylic oxidation sites excluding steroid dienone is 1. The lowest BCUT2D eigenvalue weighted by Crippen LogP contribution is -2.31. The van der Waals surface area contributed by atoms with E-state index in [4.69, 9.17) is 16.3 Å². The third kappa shape index (κ3) is 2.86. The molecule has 0 aromatic rings. The van der Waals surface area contributed by atoms with E-state index in [1.807, 2.05) is 12.3 Å². The van der Waals surface area contributed by atoms with Crippen LogP contribution in [-0.2, 0) is 4.74 Å². The molecule has 5 N–H and O–H groups in total. The van der Waals surface area contributed by atoms with Gasteiger partial charge >= 0.3 is 6.03 Å². The van der Waals surface area contributed by atoms with Crippen LogP contribution in [0.25, 0.3) is 0 Å². The number of nitrogens with two attached hydrogens (primary N) is 2. The highest BCUT2D eigenvalue weighted by Crippen LogP contribution is 2.30. The number of carbonyl (C=O) groups is 1. The van der Waals surface area contributed by atoms with Gasteiger partial charge < -0.3 is 15.8 Å². The number of rotatable bonds is 3. The van der Waals surface area contributed by atoms with Gasteiger partial charge in [-0.25, -0.2) is 10.6 Å². The molecule has 0 bridgehead atoms. The number of urea groups is 1. The molecule has 78 valence electrons. The van der Waals surface area contributed by atoms with Gasteiger partial charge in [0.2, 0.25) is 0 Å². The first-order valence-electron chi connectivity index (χ1n) is 3.84. The Morgan fingerprint density at radius 1 is 1.86 bits per heavy atom. The fraction of sp³-hybridized carbons (Fsp3) is 0.286. The lowest BCUT2D eigenvalue weighted by Gasteiger charge is -2.13. The minimum atomic E-state index is -0.624. The predicted molar refractivity (Wildman–Crippen MR) is 54.1 cm³/mol. The zero-order valence-electron chi connectivity index (χ0n) is 7.69. The second-order valence-corrected chi connectivity index (χ2v) is 3.44. The van der Waals surface area contributed by atoms with Crippen LogP contribution in [0.2, 0.25) is 0 Å². The zero-order valence-corrected chi connectivity index (χ0v) is 8.50. The third-order valence-corrected chi connectivity index (χ3v) is 2.47. The van der Waals surface area contributed by atoms with Crippen LogP contribution in [0, 0.1) is 0 Å². The Hall–Kier alpha value is -1.34. The molecule has 0 radical (unpaired) electrons. The van der Waals surface area contributed by atoms with Crippen molar-refractivity contribution in [1.29, 1.82) is 0 Å². The summed E-state index contributed by atoms with van der Waals surface area (Å²) in [5, 5.41) is 6.43. The molecule has 0 aromatic heterocycles. The molecule has 1 rings (SSSR count). The molecule has 0 unspecified atom stereocenters. The van der Waals surface area contributed by atoms with Crippen molar-refractivity contribution in [2.45, 2.75) is 6.92 Å². The molecule has 0 saturated carbocycles. The van der Waals surface area contributed by atoms with Gasteiger partial charge in [0.15, 0.2) is 6.73 Å². The van der Waals surface area contributed by atoms with Crippen molar-refractivity contribution in [2.75, 3.05) is 6.73 Å². The van der Waals surface area contributed by atoms with Gasteiger partial charge in [0.1, 0.15) is 11.3 Å². The smallest absolute Gasteiger partial charge is 0.314 e. The number of nitrogens with one attached hydrogen (secondary N) is 1. The molecule has 0 saturated heterocycles. The molecule has 0 spiro atoms. The molecule has 0 atom stereocenters. The van der Waals surface area contributed by atoms with Gasteiger partial charge in [-0.15, -0.1) is 0 Å². The first-order valence-corrected chi connectivity index (χ1v) is 4.72. The number of carbonyl (C=O) groups excluding carboxylic acids is 1. The summed E-state index contributed by atoms with van der Waals surface area (Å²) < 4.78 is 5.00. The van der Waals surface area contributed by atoms with Gasteiger partial charge in [-0.1, -0.05) is 11.8 Å². The molecule has 1 aliphatic heterocycles. The molecule has 14 heavy (non-hydrogen) atoms. The van der Waals surface area contributed by atoms with Crippen molar-refractivity contribution >= 4 is 17.8 Å². The first-order chi connectivity index (χ1) is 6.61. The van der Waals surface area contributed by atoms with E-state index >= 15 is 0 Å². The zero-order chi connectivity index (χ0) is 10.6. The highest BCUT2D eigenvalue weighted by Gasteiger charge is 2.14. The molecular weight excluding hydrogens is 204 g/mol. The Morgan fingerprint density at radius 3 is 3.07 bits per heavy atom. The Bertz CT molecular complexity index is 289. The summed E-state index contributed by atoms with van der Waals surface area (Å²) in [6, 6.07) is -0.624. The number of primary amides is 1. The summed E-state index contributed by atoms with van der Waals surface area (Å²) >= 11 is 1.45. The van der Waals surface area contributed by atoms with Crippen molar-refractivity contribution in [3.05, 3.63) is 22.4 Å². The number of thioether (sulfide) groups is 1. The highest BCUT2D eigenvalue weighted by molar-refractivity contribution is 8.06. The fourth-order valence-corrected chi connectivity index (χ4v) is 1.53. The topological polar surface area (TPSA) is 93.6 Å². The molecular formula is C7H12N4O2S. The van der Waals surface area contributed by atoms with Crippen LogP contribution in [0.1, 0.15) is 6.92 Å². The number of hydrogen-bond donors (Lipinski definition) is 3. The van der Waals surface area contributed by atoms with E-state index in [1.165, 1.54) is 23.0 Å². The maximum absolute atomic E-state index is 10.3. The van der Waals surface area contributed by atoms with Gasteiger partial charge in [-0.3, -0.25) is 5.01 Å². The summed E-state index contributed by atoms with van der Waals surface area (Å²) in [4.78, 5) is 10.3. The van der Waals surface area contributed by atoms with E-state index in [9.17, 15) is 4.79 Å². The average molecular weight is 216 g/mol. The van der Waals surface area contributed by atoms with Crippen molar-refractivity contribution < 1.29 is 9.53 Å². The van der Waals surface area contributed by atoms with Crippen LogP contribution in [0.5, 0.6) is 0 Å². The summed E-state index contributed by atoms with van der Waals surface area (Å²) in [5.74, 6) is 5.65. The number of ether oxygens (including phenoxy) is 1. The lowest BCUT2D eigenvalue weighted by atomic mass is 10.5. The lowest BCUT2D eigenvalue weighted by molar-refractivity contribution is 0.205. The van der Waals surface area contributed by atoms with E-state index in [0.717, 1.165) is 10.7 Å². The van der Waals surface area contributed by atoms with Crippen molar-refractivity contribution in [1.82, 2.24) is 10.3 Å².